The van der Waals surface area contributed by atoms with E-state index in [4.69, 9.17) is 11.6 Å². The fraction of sp³-hybridized carbons (Fsp3) is 0. The average molecular weight is 399 g/mol. The SMILES string of the molecule is N#CC(=Cc1ccc(Sc2ccc(Cl)cc2)s1)c1ccc([N+](=O)[O-])cc1. The lowest BCUT2D eigenvalue weighted by Crippen LogP contribution is -1.88. The van der Waals surface area contributed by atoms with E-state index in [1.807, 2.05) is 36.4 Å². The maximum Gasteiger partial charge on any atom is 0.269 e. The maximum atomic E-state index is 10.7. The molecule has 0 radical (unpaired) electrons. The molecule has 0 amide bonds. The monoisotopic (exact) mass is 398 g/mol. The van der Waals surface area contributed by atoms with Crippen molar-refractivity contribution < 1.29 is 4.92 Å². The van der Waals surface area contributed by atoms with E-state index in [-0.39, 0.29) is 5.69 Å². The van der Waals surface area contributed by atoms with Crippen LogP contribution in [-0.2, 0) is 0 Å². The molecular formula is C19H11ClN2O2S2. The molecule has 4 nitrogen and oxygen atoms in total. The van der Waals surface area contributed by atoms with Gasteiger partial charge in [0.2, 0.25) is 0 Å². The van der Waals surface area contributed by atoms with Gasteiger partial charge in [0.25, 0.3) is 5.69 Å². The number of benzene rings is 2. The molecule has 1 heterocycles. The van der Waals surface area contributed by atoms with Crippen LogP contribution in [0, 0.1) is 21.4 Å². The summed E-state index contributed by atoms with van der Waals surface area (Å²) in [7, 11) is 0. The van der Waals surface area contributed by atoms with Crippen LogP contribution in [0.5, 0.6) is 0 Å². The third-order valence-corrected chi connectivity index (χ3v) is 5.85. The lowest BCUT2D eigenvalue weighted by molar-refractivity contribution is -0.384. The summed E-state index contributed by atoms with van der Waals surface area (Å²) in [5, 5.41) is 20.9. The summed E-state index contributed by atoms with van der Waals surface area (Å²) < 4.78 is 1.10. The van der Waals surface area contributed by atoms with E-state index < -0.39 is 4.92 Å². The maximum absolute atomic E-state index is 10.7. The highest BCUT2D eigenvalue weighted by atomic mass is 35.5. The first-order chi connectivity index (χ1) is 12.5. The molecule has 0 N–H and O–H groups in total. The first-order valence-corrected chi connectivity index (χ1v) is 9.46. The summed E-state index contributed by atoms with van der Waals surface area (Å²) in [6.07, 6.45) is 1.79. The molecule has 26 heavy (non-hydrogen) atoms. The van der Waals surface area contributed by atoms with E-state index >= 15 is 0 Å². The predicted octanol–water partition coefficient (Wildman–Crippen LogP) is 6.53. The summed E-state index contributed by atoms with van der Waals surface area (Å²) in [5.41, 5.74) is 1.12. The van der Waals surface area contributed by atoms with Gasteiger partial charge < -0.3 is 0 Å². The first kappa shape index (κ1) is 18.2. The zero-order valence-corrected chi connectivity index (χ0v) is 15.6. The second kappa shape index (κ2) is 8.19. The van der Waals surface area contributed by atoms with Crippen LogP contribution in [0.3, 0.4) is 0 Å². The van der Waals surface area contributed by atoms with Gasteiger partial charge in [-0.15, -0.1) is 11.3 Å². The Labute approximate surface area is 163 Å². The van der Waals surface area contributed by atoms with Crippen LogP contribution < -0.4 is 0 Å². The number of nitriles is 1. The van der Waals surface area contributed by atoms with Gasteiger partial charge >= 0.3 is 0 Å². The van der Waals surface area contributed by atoms with Crippen molar-refractivity contribution in [2.75, 3.05) is 0 Å². The van der Waals surface area contributed by atoms with Gasteiger partial charge in [0, 0.05) is 26.9 Å². The minimum absolute atomic E-state index is 0.00353. The van der Waals surface area contributed by atoms with Gasteiger partial charge in [0.15, 0.2) is 0 Å². The fourth-order valence-corrected chi connectivity index (χ4v) is 4.36. The van der Waals surface area contributed by atoms with E-state index in [2.05, 4.69) is 6.07 Å². The number of thiophene rings is 1. The number of hydrogen-bond donors (Lipinski definition) is 0. The average Bonchev–Trinajstić information content (AvgIpc) is 3.09. The number of allylic oxidation sites excluding steroid dienone is 1. The van der Waals surface area contributed by atoms with Crippen molar-refractivity contribution >= 4 is 52.0 Å². The molecule has 7 heteroatoms. The van der Waals surface area contributed by atoms with Gasteiger partial charge in [-0.2, -0.15) is 5.26 Å². The van der Waals surface area contributed by atoms with E-state index in [0.29, 0.717) is 16.2 Å². The van der Waals surface area contributed by atoms with Crippen LogP contribution in [0.15, 0.2) is 69.8 Å². The lowest BCUT2D eigenvalue weighted by Gasteiger charge is -1.99. The Hall–Kier alpha value is -2.59. The second-order valence-corrected chi connectivity index (χ2v) is 8.11. The van der Waals surface area contributed by atoms with E-state index in [0.717, 1.165) is 14.0 Å². The van der Waals surface area contributed by atoms with Gasteiger partial charge in [-0.3, -0.25) is 10.1 Å². The van der Waals surface area contributed by atoms with Crippen molar-refractivity contribution in [2.45, 2.75) is 9.10 Å². The van der Waals surface area contributed by atoms with Crippen molar-refractivity contribution in [3.63, 3.8) is 0 Å². The number of non-ortho nitro benzene ring substituents is 1. The highest BCUT2D eigenvalue weighted by molar-refractivity contribution is 8.01. The number of nitrogens with zero attached hydrogens (tertiary/aromatic N) is 2. The summed E-state index contributed by atoms with van der Waals surface area (Å²) in [5.74, 6) is 0. The summed E-state index contributed by atoms with van der Waals surface area (Å²) in [4.78, 5) is 12.3. The lowest BCUT2D eigenvalue weighted by atomic mass is 10.1. The molecule has 0 aliphatic rings. The van der Waals surface area contributed by atoms with E-state index in [1.165, 1.54) is 12.1 Å². The molecule has 0 aliphatic heterocycles. The molecule has 128 valence electrons. The van der Waals surface area contributed by atoms with Crippen LogP contribution in [0.25, 0.3) is 11.6 Å². The zero-order chi connectivity index (χ0) is 18.5. The largest absolute Gasteiger partial charge is 0.269 e. The Bertz CT molecular complexity index is 1000. The molecule has 0 saturated carbocycles. The van der Waals surface area contributed by atoms with Gasteiger partial charge in [-0.05, 0) is 60.2 Å². The van der Waals surface area contributed by atoms with Crippen LogP contribution in [0.1, 0.15) is 10.4 Å². The quantitative estimate of drug-likeness (QED) is 0.278. The number of nitro groups is 1. The molecule has 3 rings (SSSR count). The van der Waals surface area contributed by atoms with Gasteiger partial charge in [0.05, 0.1) is 20.8 Å². The topological polar surface area (TPSA) is 66.9 Å². The van der Waals surface area contributed by atoms with E-state index in [1.54, 1.807) is 41.3 Å². The van der Waals surface area contributed by atoms with E-state index in [9.17, 15) is 15.4 Å². The number of rotatable bonds is 5. The number of nitro benzene ring substituents is 1. The Kier molecular flexibility index (Phi) is 5.74. The standard InChI is InChI=1S/C19H11ClN2O2S2/c20-15-3-7-17(8-4-15)25-19-10-9-18(26-19)11-14(12-21)13-1-5-16(6-2-13)22(23)24/h1-11H. The minimum atomic E-state index is -0.459. The van der Waals surface area contributed by atoms with Gasteiger partial charge in [-0.25, -0.2) is 0 Å². The molecule has 1 aromatic heterocycles. The third-order valence-electron chi connectivity index (χ3n) is 3.43. The summed E-state index contributed by atoms with van der Waals surface area (Å²) >= 11 is 9.09. The molecule has 0 saturated heterocycles. The summed E-state index contributed by atoms with van der Waals surface area (Å²) in [6.45, 7) is 0. The van der Waals surface area contributed by atoms with Crippen molar-refractivity contribution in [1.82, 2.24) is 0 Å². The molecule has 3 aromatic rings. The smallest absolute Gasteiger partial charge is 0.258 e. The molecule has 0 fully saturated rings. The zero-order valence-electron chi connectivity index (χ0n) is 13.3. The number of halogens is 1. The van der Waals surface area contributed by atoms with Crippen molar-refractivity contribution in [2.24, 2.45) is 0 Å². The molecule has 0 atom stereocenters. The van der Waals surface area contributed by atoms with Crippen LogP contribution in [-0.4, -0.2) is 4.92 Å². The molecular weight excluding hydrogens is 388 g/mol. The highest BCUT2D eigenvalue weighted by Crippen LogP contribution is 2.35. The minimum Gasteiger partial charge on any atom is -0.258 e. The Balaban J connectivity index is 1.79. The second-order valence-electron chi connectivity index (χ2n) is 5.19. The number of hydrogen-bond acceptors (Lipinski definition) is 5. The predicted molar refractivity (Wildman–Crippen MR) is 106 cm³/mol. The van der Waals surface area contributed by atoms with Crippen LogP contribution in [0.4, 0.5) is 5.69 Å². The van der Waals surface area contributed by atoms with Crippen LogP contribution >= 0.6 is 34.7 Å². The molecule has 0 spiro atoms. The molecule has 0 unspecified atom stereocenters. The van der Waals surface area contributed by atoms with Gasteiger partial charge in [-0.1, -0.05) is 23.4 Å². The van der Waals surface area contributed by atoms with Crippen molar-refractivity contribution in [3.8, 4) is 6.07 Å². The van der Waals surface area contributed by atoms with Crippen LogP contribution in [0.2, 0.25) is 5.02 Å². The Morgan fingerprint density at radius 2 is 1.81 bits per heavy atom. The Morgan fingerprint density at radius 1 is 1.12 bits per heavy atom. The summed E-state index contributed by atoms with van der Waals surface area (Å²) in [6, 6.07) is 19.7. The Morgan fingerprint density at radius 3 is 2.42 bits per heavy atom. The molecule has 0 aliphatic carbocycles. The fourth-order valence-electron chi connectivity index (χ4n) is 2.17. The van der Waals surface area contributed by atoms with Crippen molar-refractivity contribution in [1.29, 1.82) is 5.26 Å². The third kappa shape index (κ3) is 4.52. The van der Waals surface area contributed by atoms with Crippen molar-refractivity contribution in [3.05, 3.63) is 86.2 Å². The highest BCUT2D eigenvalue weighted by Gasteiger charge is 2.08. The molecule has 0 bridgehead atoms. The normalized spacial score (nSPS) is 11.2. The molecule has 2 aromatic carbocycles. The first-order valence-electron chi connectivity index (χ1n) is 7.45. The van der Waals surface area contributed by atoms with Gasteiger partial charge in [0.1, 0.15) is 0 Å².